The van der Waals surface area contributed by atoms with E-state index in [-0.39, 0.29) is 17.9 Å². The van der Waals surface area contributed by atoms with Crippen molar-refractivity contribution in [3.05, 3.63) is 60.2 Å². The fourth-order valence-corrected chi connectivity index (χ4v) is 3.87. The summed E-state index contributed by atoms with van der Waals surface area (Å²) < 4.78 is 0. The molecule has 1 aliphatic rings. The third kappa shape index (κ3) is 4.42. The van der Waals surface area contributed by atoms with Crippen LogP contribution in [0.15, 0.2) is 59.5 Å². The van der Waals surface area contributed by atoms with E-state index < -0.39 is 0 Å². The zero-order valence-electron chi connectivity index (χ0n) is 14.3. The summed E-state index contributed by atoms with van der Waals surface area (Å²) in [5.41, 5.74) is 2.05. The number of amides is 2. The summed E-state index contributed by atoms with van der Waals surface area (Å²) >= 11 is 1.58. The van der Waals surface area contributed by atoms with Crippen molar-refractivity contribution >= 4 is 29.3 Å². The van der Waals surface area contributed by atoms with Gasteiger partial charge in [0.1, 0.15) is 0 Å². The highest BCUT2D eigenvalue weighted by atomic mass is 32.2. The molecule has 2 aromatic carbocycles. The van der Waals surface area contributed by atoms with Gasteiger partial charge < -0.3 is 10.2 Å². The first kappa shape index (κ1) is 17.5. The Morgan fingerprint density at radius 3 is 2.68 bits per heavy atom. The van der Waals surface area contributed by atoms with Gasteiger partial charge in [-0.3, -0.25) is 9.59 Å². The third-order valence-electron chi connectivity index (χ3n) is 4.27. The number of benzene rings is 2. The molecule has 0 unspecified atom stereocenters. The van der Waals surface area contributed by atoms with Crippen LogP contribution in [-0.4, -0.2) is 24.1 Å². The van der Waals surface area contributed by atoms with Crippen LogP contribution < -0.4 is 10.2 Å². The lowest BCUT2D eigenvalue weighted by Gasteiger charge is -2.28. The molecule has 0 aliphatic carbocycles. The number of hydrogen-bond donors (Lipinski definition) is 1. The van der Waals surface area contributed by atoms with Crippen LogP contribution in [-0.2, 0) is 9.59 Å². The average molecular weight is 354 g/mol. The van der Waals surface area contributed by atoms with E-state index in [1.165, 1.54) is 0 Å². The molecule has 130 valence electrons. The number of carbonyl (C=O) groups is 2. The van der Waals surface area contributed by atoms with Crippen molar-refractivity contribution in [1.29, 1.82) is 0 Å². The second kappa shape index (κ2) is 8.21. The summed E-state index contributed by atoms with van der Waals surface area (Å²) in [6.07, 6.45) is 1.06. The van der Waals surface area contributed by atoms with Crippen LogP contribution in [0.25, 0.3) is 0 Å². The van der Waals surface area contributed by atoms with Gasteiger partial charge in [0.2, 0.25) is 11.8 Å². The summed E-state index contributed by atoms with van der Waals surface area (Å²) in [4.78, 5) is 27.3. The van der Waals surface area contributed by atoms with Crippen LogP contribution in [0, 0.1) is 0 Å². The Kier molecular flexibility index (Phi) is 5.76. The Morgan fingerprint density at radius 1 is 1.16 bits per heavy atom. The van der Waals surface area contributed by atoms with E-state index in [0.717, 1.165) is 16.1 Å². The first-order chi connectivity index (χ1) is 12.1. The van der Waals surface area contributed by atoms with E-state index >= 15 is 0 Å². The number of nitrogens with one attached hydrogen (secondary N) is 1. The summed E-state index contributed by atoms with van der Waals surface area (Å²) in [6, 6.07) is 17.8. The molecule has 0 aromatic heterocycles. The minimum atomic E-state index is -0.0116. The number of para-hydroxylation sites is 1. The number of rotatable bonds is 6. The number of nitrogens with zero attached hydrogens (tertiary/aromatic N) is 1. The molecule has 25 heavy (non-hydrogen) atoms. The topological polar surface area (TPSA) is 49.4 Å². The van der Waals surface area contributed by atoms with Crippen molar-refractivity contribution < 1.29 is 9.59 Å². The maximum Gasteiger partial charge on any atom is 0.237 e. The molecule has 2 aromatic rings. The minimum absolute atomic E-state index is 0.0116. The third-order valence-corrected chi connectivity index (χ3v) is 5.32. The molecule has 1 atom stereocenters. The van der Waals surface area contributed by atoms with E-state index in [9.17, 15) is 9.59 Å². The van der Waals surface area contributed by atoms with E-state index in [1.54, 1.807) is 16.7 Å². The molecule has 1 aliphatic heterocycles. The highest BCUT2D eigenvalue weighted by molar-refractivity contribution is 8.00. The van der Waals surface area contributed by atoms with Gasteiger partial charge in [0, 0.05) is 17.9 Å². The second-order valence-electron chi connectivity index (χ2n) is 6.11. The predicted molar refractivity (Wildman–Crippen MR) is 102 cm³/mol. The number of carbonyl (C=O) groups excluding carboxylic acids is 2. The van der Waals surface area contributed by atoms with Gasteiger partial charge >= 0.3 is 0 Å². The predicted octanol–water partition coefficient (Wildman–Crippen LogP) is 3.78. The summed E-state index contributed by atoms with van der Waals surface area (Å²) in [5.74, 6) is 0.596. The van der Waals surface area contributed by atoms with Gasteiger partial charge in [-0.05, 0) is 31.0 Å². The van der Waals surface area contributed by atoms with Crippen LogP contribution in [0.5, 0.6) is 0 Å². The van der Waals surface area contributed by atoms with Crippen LogP contribution in [0.4, 0.5) is 5.69 Å². The minimum Gasteiger partial charge on any atom is -0.350 e. The van der Waals surface area contributed by atoms with Gasteiger partial charge in [-0.15, -0.1) is 11.8 Å². The second-order valence-corrected chi connectivity index (χ2v) is 7.12. The van der Waals surface area contributed by atoms with Crippen molar-refractivity contribution in [1.82, 2.24) is 5.32 Å². The van der Waals surface area contributed by atoms with E-state index in [0.29, 0.717) is 25.1 Å². The summed E-state index contributed by atoms with van der Waals surface area (Å²) in [7, 11) is 0. The molecular weight excluding hydrogens is 332 g/mol. The van der Waals surface area contributed by atoms with Gasteiger partial charge in [0.05, 0.1) is 17.5 Å². The number of hydrogen-bond acceptors (Lipinski definition) is 3. The fraction of sp³-hybridized carbons (Fsp3) is 0.300. The monoisotopic (exact) mass is 354 g/mol. The number of anilines is 1. The molecule has 0 saturated carbocycles. The Balaban J connectivity index is 1.51. The van der Waals surface area contributed by atoms with Crippen LogP contribution >= 0.6 is 11.8 Å². The first-order valence-electron chi connectivity index (χ1n) is 8.51. The molecule has 4 nitrogen and oxygen atoms in total. The lowest BCUT2D eigenvalue weighted by Crippen LogP contribution is -2.36. The average Bonchev–Trinajstić information content (AvgIpc) is 2.64. The lowest BCUT2D eigenvalue weighted by molar-refractivity contribution is -0.122. The molecule has 1 heterocycles. The fourth-order valence-electron chi connectivity index (χ4n) is 2.94. The van der Waals surface area contributed by atoms with E-state index in [2.05, 4.69) is 5.32 Å². The molecule has 0 radical (unpaired) electrons. The van der Waals surface area contributed by atoms with Gasteiger partial charge in [-0.1, -0.05) is 42.5 Å². The summed E-state index contributed by atoms with van der Waals surface area (Å²) in [5, 5.41) is 3.02. The van der Waals surface area contributed by atoms with Crippen molar-refractivity contribution in [2.24, 2.45) is 0 Å². The first-order valence-corrected chi connectivity index (χ1v) is 9.50. The van der Waals surface area contributed by atoms with Gasteiger partial charge in [-0.25, -0.2) is 0 Å². The zero-order chi connectivity index (χ0) is 17.6. The van der Waals surface area contributed by atoms with Gasteiger partial charge in [0.15, 0.2) is 0 Å². The standard InChI is InChI=1S/C20H22N2O2S/c1-15(16-8-3-2-4-9-16)21-19(23)12-7-13-22-17-10-5-6-11-18(17)25-14-20(22)24/h2-6,8-11,15H,7,12-14H2,1H3,(H,21,23)/t15-/m1/s1. The molecule has 0 bridgehead atoms. The Hall–Kier alpha value is -2.27. The quantitative estimate of drug-likeness (QED) is 0.859. The number of fused-ring (bicyclic) bond motifs is 1. The summed E-state index contributed by atoms with van der Waals surface area (Å²) in [6.45, 7) is 2.55. The van der Waals surface area contributed by atoms with Gasteiger partial charge in [0.25, 0.3) is 0 Å². The molecule has 2 amide bonds. The maximum atomic E-state index is 12.2. The lowest BCUT2D eigenvalue weighted by atomic mass is 10.1. The Labute approximate surface area is 152 Å². The maximum absolute atomic E-state index is 12.2. The molecule has 3 rings (SSSR count). The van der Waals surface area contributed by atoms with E-state index in [4.69, 9.17) is 0 Å². The Bertz CT molecular complexity index is 748. The SMILES string of the molecule is C[C@@H](NC(=O)CCCN1C(=O)CSc2ccccc21)c1ccccc1. The molecule has 0 fully saturated rings. The molecule has 0 saturated heterocycles. The van der Waals surface area contributed by atoms with Crippen LogP contribution in [0.1, 0.15) is 31.4 Å². The zero-order valence-corrected chi connectivity index (χ0v) is 15.1. The molecular formula is C20H22N2O2S. The smallest absolute Gasteiger partial charge is 0.237 e. The number of thioether (sulfide) groups is 1. The van der Waals surface area contributed by atoms with E-state index in [1.807, 2.05) is 61.5 Å². The molecule has 1 N–H and O–H groups in total. The normalized spacial score (nSPS) is 14.8. The molecule has 0 spiro atoms. The van der Waals surface area contributed by atoms with Crippen LogP contribution in [0.3, 0.4) is 0 Å². The van der Waals surface area contributed by atoms with Gasteiger partial charge in [-0.2, -0.15) is 0 Å². The van der Waals surface area contributed by atoms with Crippen LogP contribution in [0.2, 0.25) is 0 Å². The largest absolute Gasteiger partial charge is 0.350 e. The van der Waals surface area contributed by atoms with Crippen molar-refractivity contribution in [2.75, 3.05) is 17.2 Å². The van der Waals surface area contributed by atoms with Crippen molar-refractivity contribution in [3.8, 4) is 0 Å². The van der Waals surface area contributed by atoms with Crippen molar-refractivity contribution in [2.45, 2.75) is 30.7 Å². The van der Waals surface area contributed by atoms with Crippen molar-refractivity contribution in [3.63, 3.8) is 0 Å². The highest BCUT2D eigenvalue weighted by Gasteiger charge is 2.24. The highest BCUT2D eigenvalue weighted by Crippen LogP contribution is 2.34. The Morgan fingerprint density at radius 2 is 1.88 bits per heavy atom. The molecule has 5 heteroatoms.